The van der Waals surface area contributed by atoms with Crippen LogP contribution in [-0.2, 0) is 85.4 Å². The first-order valence-electron chi connectivity index (χ1n) is 33.2. The van der Waals surface area contributed by atoms with Gasteiger partial charge in [0.15, 0.2) is 56.1 Å². The number of aliphatic hydroxyl groups excluding tert-OH is 14. The number of rotatable bonds is 19. The van der Waals surface area contributed by atoms with E-state index in [2.05, 4.69) is 0 Å². The maximum atomic E-state index is 14.3. The maximum absolute atomic E-state index is 14.3. The molecule has 0 aromatic carbocycles. The number of ether oxygens (including phenoxy) is 15. The van der Waals surface area contributed by atoms with E-state index in [1.165, 1.54) is 40.7 Å². The summed E-state index contributed by atoms with van der Waals surface area (Å²) >= 11 is 0. The fourth-order valence-corrected chi connectivity index (χ4v) is 12.4. The van der Waals surface area contributed by atoms with Crippen LogP contribution in [0.2, 0.25) is 0 Å². The third-order valence-electron chi connectivity index (χ3n) is 18.7. The second-order valence-electron chi connectivity index (χ2n) is 25.5. The summed E-state index contributed by atoms with van der Waals surface area (Å²) in [5.74, 6) is -3.78. The Bertz CT molecular complexity index is 2320. The summed E-state index contributed by atoms with van der Waals surface area (Å²) in [5, 5.41) is 158. The second kappa shape index (κ2) is 37.0. The van der Waals surface area contributed by atoms with Crippen LogP contribution in [0.25, 0.3) is 0 Å². The maximum Gasteiger partial charge on any atom is 0.333 e. The van der Waals surface area contributed by atoms with Crippen LogP contribution in [0.15, 0.2) is 11.6 Å². The van der Waals surface area contributed by atoms with Gasteiger partial charge in [-0.2, -0.15) is 0 Å². The molecule has 0 amide bonds. The number of allylic oxidation sites excluding steroid dienone is 1. The molecule has 0 unspecified atom stereocenters. The number of hydrogen-bond acceptors (Lipinski definition) is 32. The quantitative estimate of drug-likeness (QED) is 0.0267. The van der Waals surface area contributed by atoms with Crippen molar-refractivity contribution in [3.8, 4) is 0 Å². The van der Waals surface area contributed by atoms with Gasteiger partial charge in [0.05, 0.1) is 50.7 Å². The first kappa shape index (κ1) is 78.4. The number of carbonyl (C=O) groups excluding carboxylic acids is 3. The Hall–Kier alpha value is -2.89. The number of hydrogen-bond donors (Lipinski definition) is 14. The monoisotopic (exact) mass is 1360 g/mol. The van der Waals surface area contributed by atoms with Gasteiger partial charge in [-0.05, 0) is 53.4 Å². The Balaban J connectivity index is 1.34. The van der Waals surface area contributed by atoms with Crippen molar-refractivity contribution in [3.05, 3.63) is 11.6 Å². The summed E-state index contributed by atoms with van der Waals surface area (Å²) in [4.78, 5) is 41.6. The molecule has 7 aliphatic heterocycles. The number of esters is 3. The van der Waals surface area contributed by atoms with Gasteiger partial charge in [-0.3, -0.25) is 9.59 Å². The lowest BCUT2D eigenvalue weighted by Crippen LogP contribution is -2.69. The highest BCUT2D eigenvalue weighted by atomic mass is 16.8. The molecule has 0 saturated carbocycles. The molecule has 2 bridgehead atoms. The first-order valence-corrected chi connectivity index (χ1v) is 33.2. The van der Waals surface area contributed by atoms with E-state index in [4.69, 9.17) is 71.1 Å². The zero-order chi connectivity index (χ0) is 68.8. The molecule has 32 nitrogen and oxygen atoms in total. The molecule has 32 atom stereocenters. The van der Waals surface area contributed by atoms with E-state index >= 15 is 0 Å². The summed E-state index contributed by atoms with van der Waals surface area (Å²) in [7, 11) is 0. The smallest absolute Gasteiger partial charge is 0.333 e. The van der Waals surface area contributed by atoms with Crippen LogP contribution in [0.3, 0.4) is 0 Å². The fraction of sp³-hybridized carbons (Fsp3) is 0.919. The minimum absolute atomic E-state index is 0.00308. The lowest BCUT2D eigenvalue weighted by Gasteiger charge is -2.51. The Morgan fingerprint density at radius 1 is 0.500 bits per heavy atom. The Morgan fingerprint density at radius 2 is 1.04 bits per heavy atom. The molecule has 0 aromatic heterocycles. The van der Waals surface area contributed by atoms with Crippen molar-refractivity contribution in [2.45, 2.75) is 329 Å². The van der Waals surface area contributed by atoms with Gasteiger partial charge >= 0.3 is 17.9 Å². The molecule has 7 fully saturated rings. The predicted octanol–water partition coefficient (Wildman–Crippen LogP) is -2.88. The summed E-state index contributed by atoms with van der Waals surface area (Å²) < 4.78 is 93.5. The molecular formula is C62H104O32. The van der Waals surface area contributed by atoms with Gasteiger partial charge in [0.25, 0.3) is 0 Å². The van der Waals surface area contributed by atoms with Crippen LogP contribution < -0.4 is 0 Å². The molecule has 7 heterocycles. The highest BCUT2D eigenvalue weighted by Crippen LogP contribution is 2.41. The summed E-state index contributed by atoms with van der Waals surface area (Å²) in [6, 6.07) is 0. The van der Waals surface area contributed by atoms with Crippen LogP contribution in [0.1, 0.15) is 138 Å². The zero-order valence-electron chi connectivity index (χ0n) is 54.4. The first-order chi connectivity index (χ1) is 44.9. The molecule has 7 saturated heterocycles. The molecule has 544 valence electrons. The van der Waals surface area contributed by atoms with E-state index in [0.717, 1.165) is 51.4 Å². The molecule has 14 N–H and O–H groups in total. The van der Waals surface area contributed by atoms with Gasteiger partial charge in [-0.15, -0.1) is 0 Å². The highest BCUT2D eigenvalue weighted by Gasteiger charge is 2.60. The number of carbonyl (C=O) groups is 3. The molecule has 0 spiro atoms. The van der Waals surface area contributed by atoms with Crippen molar-refractivity contribution >= 4 is 17.9 Å². The Morgan fingerprint density at radius 3 is 1.69 bits per heavy atom. The van der Waals surface area contributed by atoms with Crippen molar-refractivity contribution in [1.29, 1.82) is 0 Å². The van der Waals surface area contributed by atoms with Crippen molar-refractivity contribution in [3.63, 3.8) is 0 Å². The van der Waals surface area contributed by atoms with Crippen molar-refractivity contribution in [2.24, 2.45) is 5.92 Å². The average Bonchev–Trinajstić information content (AvgIpc) is 0.772. The van der Waals surface area contributed by atoms with Crippen LogP contribution >= 0.6 is 0 Å². The number of unbranched alkanes of at least 4 members (excludes halogenated alkanes) is 2. The molecule has 0 radical (unpaired) electrons. The van der Waals surface area contributed by atoms with Crippen molar-refractivity contribution < 1.29 is 157 Å². The van der Waals surface area contributed by atoms with Gasteiger partial charge in [0, 0.05) is 12.0 Å². The molecule has 0 aliphatic carbocycles. The van der Waals surface area contributed by atoms with Gasteiger partial charge in [0.1, 0.15) is 116 Å². The zero-order valence-corrected chi connectivity index (χ0v) is 54.4. The molecule has 94 heavy (non-hydrogen) atoms. The molecule has 32 heteroatoms. The lowest BCUT2D eigenvalue weighted by molar-refractivity contribution is -0.414. The van der Waals surface area contributed by atoms with Crippen LogP contribution in [0.5, 0.6) is 0 Å². The van der Waals surface area contributed by atoms with Gasteiger partial charge in [-0.1, -0.05) is 84.6 Å². The average molecular weight is 1360 g/mol. The predicted molar refractivity (Wildman–Crippen MR) is 315 cm³/mol. The van der Waals surface area contributed by atoms with E-state index < -0.39 is 241 Å². The highest BCUT2D eigenvalue weighted by molar-refractivity contribution is 5.87. The molecular weight excluding hydrogens is 1260 g/mol. The molecule has 7 rings (SSSR count). The third kappa shape index (κ3) is 19.1. The third-order valence-corrected chi connectivity index (χ3v) is 18.7. The van der Waals surface area contributed by atoms with Crippen LogP contribution in [0, 0.1) is 5.92 Å². The van der Waals surface area contributed by atoms with E-state index in [0.29, 0.717) is 25.7 Å². The van der Waals surface area contributed by atoms with Gasteiger partial charge < -0.3 is 143 Å². The number of fused-ring (bicyclic) bond motifs is 4. The van der Waals surface area contributed by atoms with Gasteiger partial charge in [-0.25, -0.2) is 4.79 Å². The van der Waals surface area contributed by atoms with E-state index in [9.17, 15) is 85.9 Å². The van der Waals surface area contributed by atoms with Crippen LogP contribution in [0.4, 0.5) is 0 Å². The second-order valence-corrected chi connectivity index (χ2v) is 25.5. The Labute approximate surface area is 546 Å². The minimum atomic E-state index is -2.23. The standard InChI is InChI=1S/C62H104O32/c1-8-11-17-20-31-21-18-15-13-12-14-16-19-22-36(67)87-51-44(75)40(71)33(24-64)84-60(51)92-49-41(72)34(25-65)85-62(93-52-43(74)37(68)29(6)80-59(52)82-31)54(49)94-61-53(89-56(79)28(5)10-3)48(38(69)30(7)81-61)91-58-46(77)50(88-55(78)27(4)9-2)47(35(26-66)86-58)90-57-45(76)42(73)39(70)32(23-63)83-57/h9,28-35,37-54,57-66,68-77H,8,10-26H2,1-7H3/b27-9+/t28-,29+,30-,31-,32+,33+,34+,35+,37+,38-,39+,40+,41+,42-,43-,44-,45+,46+,47+,48+,49-,50+,51+,52+,53+,54+,57-,58-,59-,60-,61-,62-/m0/s1. The summed E-state index contributed by atoms with van der Waals surface area (Å²) in [6.07, 6.45) is -46.5. The van der Waals surface area contributed by atoms with Crippen LogP contribution in [-0.4, -0.2) is 306 Å². The van der Waals surface area contributed by atoms with E-state index in [-0.39, 0.29) is 18.4 Å². The normalized spacial score (nSPS) is 44.7. The largest absolute Gasteiger partial charge is 0.454 e. The fourth-order valence-electron chi connectivity index (χ4n) is 12.4. The lowest BCUT2D eigenvalue weighted by atomic mass is 9.95. The number of aliphatic hydroxyl groups is 14. The van der Waals surface area contributed by atoms with E-state index in [1.54, 1.807) is 6.92 Å². The topological polar surface area (TPSA) is 473 Å². The van der Waals surface area contributed by atoms with Crippen molar-refractivity contribution in [1.82, 2.24) is 0 Å². The molecule has 7 aliphatic rings. The van der Waals surface area contributed by atoms with Gasteiger partial charge in [0.2, 0.25) is 0 Å². The molecule has 0 aromatic rings. The van der Waals surface area contributed by atoms with E-state index in [1.807, 2.05) is 6.92 Å². The SMILES string of the molecule is C/C=C(\C)C(=O)O[C@@H]1[C@@H](O)[C@H](O[C@@H]2[C@@H](O)[C@H](C)O[C@@H](O[C@H]3[C@@H]4O[C@H]5[C@H](O[C@@H](CCCCC)CCCCCCCCCC(=O)O[C@H]6[C@H](O[C@H]3[C@H](O)[C@@H](CO)O4)O[C@H](CO)[C@@H](O)[C@@H]6O)O[C@H](C)[C@@H](O)[C@@H]5O)[C@@H]2OC(=O)[C@@H](C)CC)O[C@H](CO)[C@H]1O[C@@H]1O[C@H](CO)[C@@H](O)[C@H](O)[C@H]1O. The summed E-state index contributed by atoms with van der Waals surface area (Å²) in [6.45, 7) is 7.03. The van der Waals surface area contributed by atoms with Crippen molar-refractivity contribution in [2.75, 3.05) is 26.4 Å². The minimum Gasteiger partial charge on any atom is -0.454 e. The summed E-state index contributed by atoms with van der Waals surface area (Å²) in [5.41, 5.74) is -0.00308. The Kier molecular flexibility index (Phi) is 30.9.